The molecule has 5 rings (SSSR count). The number of carbonyl (C=O) groups excluding carboxylic acids is 3. The zero-order chi connectivity index (χ0) is 28.0. The molecule has 12 heteroatoms. The van der Waals surface area contributed by atoms with Gasteiger partial charge >= 0.3 is 11.9 Å². The summed E-state index contributed by atoms with van der Waals surface area (Å²) in [5.74, 6) is -3.03. The van der Waals surface area contributed by atoms with Crippen LogP contribution < -0.4 is 0 Å². The number of nitrogens with zero attached hydrogens (tertiary/aromatic N) is 4. The van der Waals surface area contributed by atoms with Crippen molar-refractivity contribution in [1.29, 1.82) is 0 Å². The Bertz CT molecular complexity index is 1200. The van der Waals surface area contributed by atoms with Crippen LogP contribution in [0.1, 0.15) is 43.5 Å². The first-order valence-electron chi connectivity index (χ1n) is 13.4. The fourth-order valence-corrected chi connectivity index (χ4v) is 7.80. The Labute approximate surface area is 231 Å². The Hall–Kier alpha value is -2.80. The van der Waals surface area contributed by atoms with Crippen LogP contribution in [-0.4, -0.2) is 99.2 Å². The molecule has 0 aromatic heterocycles. The number of likely N-dealkylation sites (tertiary alicyclic amines) is 2. The smallest absolute Gasteiger partial charge is 0.363 e. The highest BCUT2D eigenvalue weighted by molar-refractivity contribution is 8.03. The molecular weight excluding hydrogens is 524 g/mol. The van der Waals surface area contributed by atoms with E-state index >= 15 is 0 Å². The largest absolute Gasteiger partial charge is 0.393 e. The van der Waals surface area contributed by atoms with Gasteiger partial charge in [0, 0.05) is 40.8 Å². The molecule has 5 atom stereocenters. The van der Waals surface area contributed by atoms with Crippen molar-refractivity contribution in [1.82, 2.24) is 14.7 Å². The van der Waals surface area contributed by atoms with Gasteiger partial charge in [0.2, 0.25) is 5.91 Å². The molecule has 210 valence electrons. The van der Waals surface area contributed by atoms with Crippen molar-refractivity contribution >= 4 is 35.3 Å². The van der Waals surface area contributed by atoms with Gasteiger partial charge in [-0.3, -0.25) is 19.8 Å². The maximum atomic E-state index is 13.4. The van der Waals surface area contributed by atoms with Crippen LogP contribution in [0.5, 0.6) is 0 Å². The number of benzene rings is 1. The van der Waals surface area contributed by atoms with Crippen molar-refractivity contribution in [2.24, 2.45) is 11.8 Å². The monoisotopic (exact) mass is 558 g/mol. The molecule has 0 bridgehead atoms. The summed E-state index contributed by atoms with van der Waals surface area (Å²) in [5, 5.41) is 21.4. The Morgan fingerprint density at radius 3 is 2.41 bits per heavy atom. The number of nitro groups is 1. The van der Waals surface area contributed by atoms with Crippen LogP contribution in [0.15, 0.2) is 34.9 Å². The number of nitro benzene ring substituents is 1. The second-order valence-corrected chi connectivity index (χ2v) is 12.3. The molecule has 0 spiro atoms. The average molecular weight is 559 g/mol. The number of aliphatic hydroxyl groups excluding tert-OH is 1. The molecule has 1 N–H and O–H groups in total. The summed E-state index contributed by atoms with van der Waals surface area (Å²) in [4.78, 5) is 56.5. The Kier molecular flexibility index (Phi) is 7.82. The summed E-state index contributed by atoms with van der Waals surface area (Å²) in [6, 6.07) is 4.96. The van der Waals surface area contributed by atoms with Crippen molar-refractivity contribution in [2.75, 3.05) is 33.2 Å². The maximum Gasteiger partial charge on any atom is 0.363 e. The molecule has 0 radical (unpaired) electrons. The SMILES string of the molecule is C[C@@H](O)[C@H]1C(=O)N2C(C(=O)OC(=O)c3ccc([N+](=O)[O-])cc3)=C(S[C@@H]3CCN(C4CCN(C)CC4)C3)[C@H](C)[C@H]12. The molecule has 11 nitrogen and oxygen atoms in total. The number of ether oxygens (including phenoxy) is 1. The van der Waals surface area contributed by atoms with E-state index in [2.05, 4.69) is 16.8 Å². The van der Waals surface area contributed by atoms with Gasteiger partial charge in [-0.05, 0) is 65.0 Å². The fourth-order valence-electron chi connectivity index (χ4n) is 6.30. The maximum absolute atomic E-state index is 13.4. The summed E-state index contributed by atoms with van der Waals surface area (Å²) in [6.07, 6.45) is 2.36. The molecule has 4 aliphatic heterocycles. The van der Waals surface area contributed by atoms with Crippen LogP contribution in [0.3, 0.4) is 0 Å². The van der Waals surface area contributed by atoms with Crippen molar-refractivity contribution in [3.05, 3.63) is 50.5 Å². The molecule has 1 aromatic rings. The highest BCUT2D eigenvalue weighted by Crippen LogP contribution is 2.52. The molecule has 1 aromatic carbocycles. The molecule has 3 fully saturated rings. The van der Waals surface area contributed by atoms with Crippen molar-refractivity contribution in [3.63, 3.8) is 0 Å². The summed E-state index contributed by atoms with van der Waals surface area (Å²) >= 11 is 1.58. The molecule has 4 aliphatic rings. The number of amides is 1. The number of non-ortho nitro benzene ring substituents is 1. The first-order valence-corrected chi connectivity index (χ1v) is 14.3. The van der Waals surface area contributed by atoms with Crippen molar-refractivity contribution in [2.45, 2.75) is 56.5 Å². The molecule has 0 saturated carbocycles. The number of hydrogen-bond acceptors (Lipinski definition) is 10. The lowest BCUT2D eigenvalue weighted by Gasteiger charge is -2.46. The summed E-state index contributed by atoms with van der Waals surface area (Å²) in [6.45, 7) is 7.55. The first-order chi connectivity index (χ1) is 18.6. The first kappa shape index (κ1) is 27.8. The van der Waals surface area contributed by atoms with Crippen LogP contribution in [0, 0.1) is 22.0 Å². The van der Waals surface area contributed by atoms with Crippen LogP contribution in [0.25, 0.3) is 0 Å². The molecule has 0 aliphatic carbocycles. The number of carbonyl (C=O) groups is 3. The predicted molar refractivity (Wildman–Crippen MR) is 144 cm³/mol. The van der Waals surface area contributed by atoms with Gasteiger partial charge in [-0.2, -0.15) is 0 Å². The molecule has 1 amide bonds. The Morgan fingerprint density at radius 1 is 1.13 bits per heavy atom. The van der Waals surface area contributed by atoms with Crippen molar-refractivity contribution < 1.29 is 29.2 Å². The van der Waals surface area contributed by atoms with Gasteiger partial charge in [0.15, 0.2) is 0 Å². The number of rotatable bonds is 7. The number of fused-ring (bicyclic) bond motifs is 1. The minimum atomic E-state index is -0.947. The van der Waals surface area contributed by atoms with Gasteiger partial charge in [-0.1, -0.05) is 6.92 Å². The number of hydrogen-bond donors (Lipinski definition) is 1. The van der Waals surface area contributed by atoms with E-state index in [1.165, 1.54) is 17.0 Å². The topological polar surface area (TPSA) is 134 Å². The van der Waals surface area contributed by atoms with E-state index < -0.39 is 28.9 Å². The third kappa shape index (κ3) is 5.22. The quantitative estimate of drug-likeness (QED) is 0.175. The van der Waals surface area contributed by atoms with E-state index in [4.69, 9.17) is 4.74 Å². The second-order valence-electron chi connectivity index (χ2n) is 11.0. The van der Waals surface area contributed by atoms with Crippen LogP contribution in [0.2, 0.25) is 0 Å². The second kappa shape index (κ2) is 11.0. The number of aliphatic hydroxyl groups is 1. The standard InChI is InChI=1S/C27H34N4O7S/c1-15-22-21(16(2)32)25(33)30(22)23(27(35)38-26(34)17-4-6-19(7-5-17)31(36)37)24(15)39-20-10-13-29(14-20)18-8-11-28(3)12-9-18/h4-7,15-16,18,20-22,32H,8-14H2,1-3H3/t15-,16-,20-,21-,22-/m1/s1. The van der Waals surface area contributed by atoms with Crippen LogP contribution >= 0.6 is 11.8 Å². The number of piperidine rings is 1. The Morgan fingerprint density at radius 2 is 1.79 bits per heavy atom. The number of thioether (sulfide) groups is 1. The highest BCUT2D eigenvalue weighted by atomic mass is 32.2. The highest BCUT2D eigenvalue weighted by Gasteiger charge is 2.60. The minimum absolute atomic E-state index is 0.00676. The van der Waals surface area contributed by atoms with Gasteiger partial charge in [0.1, 0.15) is 5.70 Å². The normalized spacial score (nSPS) is 28.8. The number of esters is 2. The minimum Gasteiger partial charge on any atom is -0.393 e. The van der Waals surface area contributed by atoms with Gasteiger partial charge in [0.05, 0.1) is 28.6 Å². The fraction of sp³-hybridized carbons (Fsp3) is 0.593. The van der Waals surface area contributed by atoms with E-state index in [1.807, 2.05) is 6.92 Å². The van der Waals surface area contributed by atoms with Crippen molar-refractivity contribution in [3.8, 4) is 0 Å². The summed E-state index contributed by atoms with van der Waals surface area (Å²) in [5.41, 5.74) is -0.118. The van der Waals surface area contributed by atoms with E-state index in [1.54, 1.807) is 18.7 Å². The molecule has 3 saturated heterocycles. The molecule has 0 unspecified atom stereocenters. The summed E-state index contributed by atoms with van der Waals surface area (Å²) < 4.78 is 5.20. The zero-order valence-corrected chi connectivity index (χ0v) is 23.1. The average Bonchev–Trinajstić information content (AvgIpc) is 3.46. The lowest BCUT2D eigenvalue weighted by molar-refractivity contribution is -0.384. The lowest BCUT2D eigenvalue weighted by atomic mass is 9.79. The van der Waals surface area contributed by atoms with E-state index in [-0.39, 0.29) is 40.1 Å². The predicted octanol–water partition coefficient (Wildman–Crippen LogP) is 2.25. The van der Waals surface area contributed by atoms with Gasteiger partial charge in [-0.25, -0.2) is 9.59 Å². The van der Waals surface area contributed by atoms with Crippen LogP contribution in [0.4, 0.5) is 5.69 Å². The number of β-lactam (4-membered cyclic amide) rings is 1. The van der Waals surface area contributed by atoms with Crippen LogP contribution in [-0.2, 0) is 14.3 Å². The summed E-state index contributed by atoms with van der Waals surface area (Å²) in [7, 11) is 2.14. The van der Waals surface area contributed by atoms with Gasteiger partial charge in [-0.15, -0.1) is 11.8 Å². The van der Waals surface area contributed by atoms with E-state index in [0.29, 0.717) is 10.9 Å². The molecular formula is C27H34N4O7S. The lowest BCUT2D eigenvalue weighted by Crippen LogP contribution is -2.63. The molecule has 39 heavy (non-hydrogen) atoms. The van der Waals surface area contributed by atoms with E-state index in [9.17, 15) is 29.6 Å². The van der Waals surface area contributed by atoms with E-state index in [0.717, 1.165) is 57.6 Å². The van der Waals surface area contributed by atoms with Gasteiger partial charge in [0.25, 0.3) is 5.69 Å². The molecule has 4 heterocycles. The van der Waals surface area contributed by atoms with Gasteiger partial charge < -0.3 is 19.6 Å². The third-order valence-electron chi connectivity index (χ3n) is 8.48. The zero-order valence-electron chi connectivity index (χ0n) is 22.3. The Balaban J connectivity index is 1.34. The third-order valence-corrected chi connectivity index (χ3v) is 10.0.